The molecule has 0 unspecified atom stereocenters. The maximum atomic E-state index is 12.8. The Morgan fingerprint density at radius 1 is 1.16 bits per heavy atom. The van der Waals surface area contributed by atoms with E-state index >= 15 is 0 Å². The van der Waals surface area contributed by atoms with Gasteiger partial charge in [-0.15, -0.1) is 11.8 Å². The highest BCUT2D eigenvalue weighted by Gasteiger charge is 2.26. The van der Waals surface area contributed by atoms with E-state index in [-0.39, 0.29) is 11.7 Å². The van der Waals surface area contributed by atoms with Crippen LogP contribution in [0.2, 0.25) is 0 Å². The number of carbonyl (C=O) groups is 1. The number of thioether (sulfide) groups is 1. The van der Waals surface area contributed by atoms with E-state index in [1.54, 1.807) is 0 Å². The number of carbonyl (C=O) groups excluding carboxylic acids is 1. The van der Waals surface area contributed by atoms with Crippen LogP contribution < -0.4 is 14.8 Å². The third kappa shape index (κ3) is 4.69. The fourth-order valence-corrected chi connectivity index (χ4v) is 5.16. The van der Waals surface area contributed by atoms with Crippen LogP contribution in [0.4, 0.5) is 5.82 Å². The second-order valence-corrected chi connectivity index (χ2v) is 9.25. The van der Waals surface area contributed by atoms with Gasteiger partial charge in [-0.2, -0.15) is 5.26 Å². The van der Waals surface area contributed by atoms with Gasteiger partial charge in [-0.3, -0.25) is 4.79 Å². The van der Waals surface area contributed by atoms with Gasteiger partial charge in [0.1, 0.15) is 11.9 Å². The van der Waals surface area contributed by atoms with Gasteiger partial charge in [-0.25, -0.2) is 0 Å². The first-order valence-corrected chi connectivity index (χ1v) is 12.0. The number of nitrogens with zero attached hydrogens (tertiary/aromatic N) is 2. The van der Waals surface area contributed by atoms with Crippen molar-refractivity contribution in [3.8, 4) is 17.6 Å². The van der Waals surface area contributed by atoms with E-state index in [2.05, 4.69) is 16.0 Å². The summed E-state index contributed by atoms with van der Waals surface area (Å²) in [5, 5.41) is 12.8. The van der Waals surface area contributed by atoms with Gasteiger partial charge in [0.05, 0.1) is 24.5 Å². The highest BCUT2D eigenvalue weighted by atomic mass is 32.2. The zero-order chi connectivity index (χ0) is 21.8. The van der Waals surface area contributed by atoms with Crippen LogP contribution in [0, 0.1) is 25.2 Å². The first kappa shape index (κ1) is 21.6. The molecule has 1 aromatic heterocycles. The summed E-state index contributed by atoms with van der Waals surface area (Å²) >= 11 is 1.45. The number of aromatic nitrogens is 1. The van der Waals surface area contributed by atoms with Crippen molar-refractivity contribution in [3.05, 3.63) is 35.0 Å². The molecule has 4 rings (SSSR count). The molecule has 1 aliphatic heterocycles. The number of anilines is 1. The molecule has 1 saturated carbocycles. The van der Waals surface area contributed by atoms with Gasteiger partial charge >= 0.3 is 0 Å². The smallest absolute Gasteiger partial charge is 0.235 e. The minimum Gasteiger partial charge on any atom is -0.490 e. The molecule has 2 aromatic rings. The molecule has 0 saturated heterocycles. The van der Waals surface area contributed by atoms with E-state index in [4.69, 9.17) is 9.47 Å². The lowest BCUT2D eigenvalue weighted by Gasteiger charge is -2.27. The Balaban J connectivity index is 1.48. The molecule has 0 atom stereocenters. The maximum Gasteiger partial charge on any atom is 0.235 e. The third-order valence-corrected chi connectivity index (χ3v) is 7.15. The molecule has 1 N–H and O–H groups in total. The summed E-state index contributed by atoms with van der Waals surface area (Å²) in [4.78, 5) is 13.8. The molecule has 7 heteroatoms. The van der Waals surface area contributed by atoms with Gasteiger partial charge in [0.2, 0.25) is 5.91 Å². The van der Waals surface area contributed by atoms with Crippen LogP contribution in [-0.2, 0) is 4.79 Å². The van der Waals surface area contributed by atoms with E-state index < -0.39 is 0 Å². The molecule has 2 aliphatic rings. The number of fused-ring (bicyclic) bond motifs is 1. The van der Waals surface area contributed by atoms with E-state index in [0.717, 1.165) is 46.9 Å². The van der Waals surface area contributed by atoms with Crippen molar-refractivity contribution in [2.45, 2.75) is 63.3 Å². The normalized spacial score (nSPS) is 16.4. The minimum absolute atomic E-state index is 0.108. The zero-order valence-electron chi connectivity index (χ0n) is 18.2. The first-order chi connectivity index (χ1) is 15.1. The Morgan fingerprint density at radius 3 is 2.65 bits per heavy atom. The van der Waals surface area contributed by atoms with Crippen molar-refractivity contribution < 1.29 is 14.3 Å². The molecular formula is C24H29N3O3S. The highest BCUT2D eigenvalue weighted by molar-refractivity contribution is 8.00. The number of hydrogen-bond donors (Lipinski definition) is 1. The Kier molecular flexibility index (Phi) is 6.77. The van der Waals surface area contributed by atoms with Crippen molar-refractivity contribution >= 4 is 23.5 Å². The van der Waals surface area contributed by atoms with Crippen LogP contribution in [0.3, 0.4) is 0 Å². The lowest BCUT2D eigenvalue weighted by molar-refractivity contribution is -0.113. The molecular weight excluding hydrogens is 410 g/mol. The lowest BCUT2D eigenvalue weighted by Crippen LogP contribution is -2.21. The van der Waals surface area contributed by atoms with Gasteiger partial charge < -0.3 is 19.4 Å². The van der Waals surface area contributed by atoms with E-state index in [1.165, 1.54) is 31.0 Å². The van der Waals surface area contributed by atoms with Crippen LogP contribution in [0.15, 0.2) is 23.1 Å². The van der Waals surface area contributed by atoms with Gasteiger partial charge in [0.15, 0.2) is 11.5 Å². The standard InChI is InChI=1S/C24H29N3O3S/c1-16-17(2)27(18-7-4-3-5-8-18)24(20(16)14-25)26-23(28)15-31-19-9-10-21-22(13-19)30-12-6-11-29-21/h9-10,13,18H,3-8,11-12,15H2,1-2H3,(H,26,28). The molecule has 0 radical (unpaired) electrons. The van der Waals surface area contributed by atoms with Gasteiger partial charge in [0, 0.05) is 23.1 Å². The summed E-state index contributed by atoms with van der Waals surface area (Å²) in [6.07, 6.45) is 6.69. The van der Waals surface area contributed by atoms with Crippen LogP contribution in [0.25, 0.3) is 0 Å². The van der Waals surface area contributed by atoms with Crippen LogP contribution in [0.1, 0.15) is 61.4 Å². The summed E-state index contributed by atoms with van der Waals surface area (Å²) in [6.45, 7) is 5.31. The number of nitriles is 1. The third-order valence-electron chi connectivity index (χ3n) is 6.16. The Hall–Kier alpha value is -2.59. The number of amides is 1. The molecule has 31 heavy (non-hydrogen) atoms. The summed E-state index contributed by atoms with van der Waals surface area (Å²) < 4.78 is 13.6. The van der Waals surface area contributed by atoms with Gasteiger partial charge in [-0.05, 0) is 50.5 Å². The second kappa shape index (κ2) is 9.69. The summed E-state index contributed by atoms with van der Waals surface area (Å²) in [5.74, 6) is 2.29. The summed E-state index contributed by atoms with van der Waals surface area (Å²) in [5.41, 5.74) is 2.62. The number of rotatable bonds is 5. The Labute approximate surface area is 187 Å². The molecule has 1 fully saturated rings. The maximum absolute atomic E-state index is 12.8. The molecule has 2 heterocycles. The monoisotopic (exact) mass is 439 g/mol. The summed E-state index contributed by atoms with van der Waals surface area (Å²) in [7, 11) is 0. The van der Waals surface area contributed by atoms with Gasteiger partial charge in [0.25, 0.3) is 0 Å². The molecule has 1 aromatic carbocycles. The van der Waals surface area contributed by atoms with Crippen LogP contribution in [0.5, 0.6) is 11.5 Å². The first-order valence-electron chi connectivity index (χ1n) is 11.0. The minimum atomic E-state index is -0.108. The van der Waals surface area contributed by atoms with E-state index in [9.17, 15) is 10.1 Å². The number of ether oxygens (including phenoxy) is 2. The molecule has 0 bridgehead atoms. The van der Waals surface area contributed by atoms with Crippen molar-refractivity contribution in [2.75, 3.05) is 24.3 Å². The lowest BCUT2D eigenvalue weighted by atomic mass is 9.95. The predicted octanol–water partition coefficient (Wildman–Crippen LogP) is 5.37. The van der Waals surface area contributed by atoms with E-state index in [0.29, 0.717) is 30.6 Å². The molecule has 1 aliphatic carbocycles. The zero-order valence-corrected chi connectivity index (χ0v) is 19.0. The number of benzene rings is 1. The Bertz CT molecular complexity index is 1000. The molecule has 0 spiro atoms. The fraction of sp³-hybridized carbons (Fsp3) is 0.500. The summed E-state index contributed by atoms with van der Waals surface area (Å²) in [6, 6.07) is 8.43. The van der Waals surface area contributed by atoms with Crippen LogP contribution in [-0.4, -0.2) is 29.4 Å². The number of hydrogen-bond acceptors (Lipinski definition) is 5. The second-order valence-electron chi connectivity index (χ2n) is 8.20. The van der Waals surface area contributed by atoms with Crippen molar-refractivity contribution in [2.24, 2.45) is 0 Å². The number of nitrogens with one attached hydrogen (secondary N) is 1. The average molecular weight is 440 g/mol. The van der Waals surface area contributed by atoms with Crippen molar-refractivity contribution in [1.29, 1.82) is 5.26 Å². The SMILES string of the molecule is Cc1c(C#N)c(NC(=O)CSc2ccc3c(c2)OCCCO3)n(C2CCCCC2)c1C. The topological polar surface area (TPSA) is 76.3 Å². The quantitative estimate of drug-likeness (QED) is 0.634. The van der Waals surface area contributed by atoms with E-state index in [1.807, 2.05) is 32.0 Å². The Morgan fingerprint density at radius 2 is 1.90 bits per heavy atom. The predicted molar refractivity (Wildman–Crippen MR) is 122 cm³/mol. The molecule has 6 nitrogen and oxygen atoms in total. The fourth-order valence-electron chi connectivity index (χ4n) is 4.43. The molecule has 1 amide bonds. The molecule has 164 valence electrons. The largest absolute Gasteiger partial charge is 0.490 e. The highest BCUT2D eigenvalue weighted by Crippen LogP contribution is 2.37. The van der Waals surface area contributed by atoms with Crippen molar-refractivity contribution in [3.63, 3.8) is 0 Å². The van der Waals surface area contributed by atoms with Crippen LogP contribution >= 0.6 is 11.8 Å². The van der Waals surface area contributed by atoms with Crippen molar-refractivity contribution in [1.82, 2.24) is 4.57 Å². The average Bonchev–Trinajstić information content (AvgIpc) is 2.93. The van der Waals surface area contributed by atoms with Gasteiger partial charge in [-0.1, -0.05) is 19.3 Å².